The molecule has 1 heterocycles. The van der Waals surface area contributed by atoms with Crippen LogP contribution in [0.5, 0.6) is 0 Å². The Bertz CT molecular complexity index is 413. The van der Waals surface area contributed by atoms with E-state index >= 15 is 0 Å². The molecule has 1 aromatic rings. The Labute approximate surface area is 109 Å². The van der Waals surface area contributed by atoms with E-state index in [4.69, 9.17) is 5.73 Å². The summed E-state index contributed by atoms with van der Waals surface area (Å²) in [7, 11) is 0. The highest BCUT2D eigenvalue weighted by Gasteiger charge is 2.50. The van der Waals surface area contributed by atoms with Gasteiger partial charge in [0.2, 0.25) is 0 Å². The van der Waals surface area contributed by atoms with Gasteiger partial charge in [-0.1, -0.05) is 0 Å². The second-order valence-corrected chi connectivity index (χ2v) is 7.24. The van der Waals surface area contributed by atoms with Gasteiger partial charge in [0.05, 0.1) is 0 Å². The largest absolute Gasteiger partial charge is 0.382 e. The second kappa shape index (κ2) is 3.75. The number of hydrogen-bond donors (Lipinski definition) is 2. The van der Waals surface area contributed by atoms with Crippen molar-refractivity contribution in [1.82, 2.24) is 10.2 Å². The van der Waals surface area contributed by atoms with Crippen LogP contribution >= 0.6 is 0 Å². The summed E-state index contributed by atoms with van der Waals surface area (Å²) in [5.74, 6) is 3.81. The quantitative estimate of drug-likeness (QED) is 0.859. The fourth-order valence-corrected chi connectivity index (χ4v) is 5.50. The lowest BCUT2D eigenvalue weighted by atomic mass is 9.48. The van der Waals surface area contributed by atoms with Crippen molar-refractivity contribution in [3.05, 3.63) is 11.8 Å². The predicted molar refractivity (Wildman–Crippen MR) is 71.9 cm³/mol. The highest BCUT2D eigenvalue weighted by atomic mass is 15.1. The molecule has 4 fully saturated rings. The Morgan fingerprint density at radius 3 is 2.28 bits per heavy atom. The standard InChI is InChI=1S/C15H23N3/c16-14-6-13(17-18-14)1-2-15-7-10-3-11(8-15)5-12(4-10)9-15/h6,10-12H,1-5,7-9H2,(H3,16,17,18). The van der Waals surface area contributed by atoms with Gasteiger partial charge in [-0.05, 0) is 74.5 Å². The number of rotatable bonds is 3. The SMILES string of the molecule is Nc1cc(CCC23CC4CC(CC(C4)C2)C3)[nH]n1. The first-order valence-electron chi connectivity index (χ1n) is 7.51. The fraction of sp³-hybridized carbons (Fsp3) is 0.800. The van der Waals surface area contributed by atoms with Crippen molar-refractivity contribution < 1.29 is 0 Å². The third-order valence-corrected chi connectivity index (χ3v) is 5.74. The molecule has 4 aliphatic rings. The van der Waals surface area contributed by atoms with Gasteiger partial charge in [-0.3, -0.25) is 5.10 Å². The van der Waals surface area contributed by atoms with Gasteiger partial charge in [-0.15, -0.1) is 0 Å². The normalized spacial score (nSPS) is 41.4. The van der Waals surface area contributed by atoms with E-state index in [0.29, 0.717) is 11.2 Å². The van der Waals surface area contributed by atoms with Gasteiger partial charge in [-0.25, -0.2) is 0 Å². The van der Waals surface area contributed by atoms with Crippen molar-refractivity contribution in [3.8, 4) is 0 Å². The first-order valence-corrected chi connectivity index (χ1v) is 7.51. The number of H-pyrrole nitrogens is 1. The lowest BCUT2D eigenvalue weighted by Crippen LogP contribution is -2.46. The monoisotopic (exact) mass is 245 g/mol. The van der Waals surface area contributed by atoms with Crippen LogP contribution in [-0.2, 0) is 6.42 Å². The van der Waals surface area contributed by atoms with Crippen LogP contribution in [0.1, 0.15) is 50.6 Å². The molecule has 18 heavy (non-hydrogen) atoms. The number of nitrogen functional groups attached to an aromatic ring is 1. The third kappa shape index (κ3) is 1.75. The zero-order valence-electron chi connectivity index (χ0n) is 11.0. The van der Waals surface area contributed by atoms with Crippen LogP contribution in [0.25, 0.3) is 0 Å². The predicted octanol–water partition coefficient (Wildman–Crippen LogP) is 3.14. The van der Waals surface area contributed by atoms with Crippen LogP contribution in [0.3, 0.4) is 0 Å². The molecule has 5 rings (SSSR count). The molecular weight excluding hydrogens is 222 g/mol. The Balaban J connectivity index is 1.47. The Kier molecular flexibility index (Phi) is 2.27. The van der Waals surface area contributed by atoms with Gasteiger partial charge >= 0.3 is 0 Å². The average Bonchev–Trinajstić information content (AvgIpc) is 2.71. The number of aromatic amines is 1. The van der Waals surface area contributed by atoms with Gasteiger partial charge in [0.1, 0.15) is 5.82 Å². The highest BCUT2D eigenvalue weighted by molar-refractivity contribution is 5.28. The number of hydrogen-bond acceptors (Lipinski definition) is 2. The summed E-state index contributed by atoms with van der Waals surface area (Å²) >= 11 is 0. The van der Waals surface area contributed by atoms with E-state index in [1.54, 1.807) is 0 Å². The van der Waals surface area contributed by atoms with E-state index in [2.05, 4.69) is 10.2 Å². The summed E-state index contributed by atoms with van der Waals surface area (Å²) in [5.41, 5.74) is 7.57. The number of nitrogens with zero attached hydrogens (tertiary/aromatic N) is 1. The van der Waals surface area contributed by atoms with E-state index in [9.17, 15) is 0 Å². The lowest BCUT2D eigenvalue weighted by Gasteiger charge is -2.57. The first-order chi connectivity index (χ1) is 8.71. The minimum Gasteiger partial charge on any atom is -0.382 e. The molecule has 0 aromatic carbocycles. The van der Waals surface area contributed by atoms with Crippen molar-refractivity contribution in [2.24, 2.45) is 23.2 Å². The molecule has 4 saturated carbocycles. The van der Waals surface area contributed by atoms with Gasteiger partial charge in [0.15, 0.2) is 0 Å². The summed E-state index contributed by atoms with van der Waals surface area (Å²) in [6.07, 6.45) is 11.6. The molecule has 4 bridgehead atoms. The number of nitrogens with one attached hydrogen (secondary N) is 1. The number of aromatic nitrogens is 2. The van der Waals surface area contributed by atoms with Crippen molar-refractivity contribution in [2.75, 3.05) is 5.73 Å². The van der Waals surface area contributed by atoms with Crippen molar-refractivity contribution >= 4 is 5.82 Å². The zero-order valence-corrected chi connectivity index (χ0v) is 11.0. The molecule has 0 radical (unpaired) electrons. The maximum atomic E-state index is 5.67. The molecule has 0 spiro atoms. The summed E-state index contributed by atoms with van der Waals surface area (Å²) in [4.78, 5) is 0. The van der Waals surface area contributed by atoms with E-state index in [1.807, 2.05) is 6.07 Å². The van der Waals surface area contributed by atoms with Crippen LogP contribution in [0, 0.1) is 23.2 Å². The Morgan fingerprint density at radius 1 is 1.17 bits per heavy atom. The van der Waals surface area contributed by atoms with Crippen LogP contribution in [0.15, 0.2) is 6.07 Å². The molecule has 1 aromatic heterocycles. The van der Waals surface area contributed by atoms with Crippen LogP contribution in [0.2, 0.25) is 0 Å². The zero-order chi connectivity index (χ0) is 12.2. The highest BCUT2D eigenvalue weighted by Crippen LogP contribution is 2.61. The van der Waals surface area contributed by atoms with Gasteiger partial charge < -0.3 is 5.73 Å². The molecule has 98 valence electrons. The van der Waals surface area contributed by atoms with E-state index in [0.717, 1.165) is 24.2 Å². The molecule has 0 unspecified atom stereocenters. The van der Waals surface area contributed by atoms with Gasteiger partial charge in [0.25, 0.3) is 0 Å². The number of nitrogens with two attached hydrogens (primary N) is 1. The number of aryl methyl sites for hydroxylation is 1. The van der Waals surface area contributed by atoms with E-state index < -0.39 is 0 Å². The van der Waals surface area contributed by atoms with E-state index in [-0.39, 0.29) is 0 Å². The maximum Gasteiger partial charge on any atom is 0.145 e. The van der Waals surface area contributed by atoms with Crippen LogP contribution in [-0.4, -0.2) is 10.2 Å². The summed E-state index contributed by atoms with van der Waals surface area (Å²) < 4.78 is 0. The van der Waals surface area contributed by atoms with Gasteiger partial charge in [-0.2, -0.15) is 5.10 Å². The summed E-state index contributed by atoms with van der Waals surface area (Å²) in [5, 5.41) is 7.10. The summed E-state index contributed by atoms with van der Waals surface area (Å²) in [6.45, 7) is 0. The topological polar surface area (TPSA) is 54.7 Å². The van der Waals surface area contributed by atoms with Crippen LogP contribution in [0.4, 0.5) is 5.82 Å². The molecule has 3 heteroatoms. The van der Waals surface area contributed by atoms with E-state index in [1.165, 1.54) is 50.6 Å². The van der Waals surface area contributed by atoms with Crippen molar-refractivity contribution in [3.63, 3.8) is 0 Å². The molecular formula is C15H23N3. The Morgan fingerprint density at radius 2 is 1.78 bits per heavy atom. The molecule has 0 aliphatic heterocycles. The molecule has 0 amide bonds. The fourth-order valence-electron chi connectivity index (χ4n) is 5.50. The van der Waals surface area contributed by atoms with Crippen molar-refractivity contribution in [2.45, 2.75) is 51.4 Å². The molecule has 3 N–H and O–H groups in total. The lowest BCUT2D eigenvalue weighted by molar-refractivity contribution is -0.0570. The molecule has 3 nitrogen and oxygen atoms in total. The van der Waals surface area contributed by atoms with Gasteiger partial charge in [0, 0.05) is 11.8 Å². The third-order valence-electron chi connectivity index (χ3n) is 5.74. The Hall–Kier alpha value is -0.990. The first kappa shape index (κ1) is 10.9. The summed E-state index contributed by atoms with van der Waals surface area (Å²) in [6, 6.07) is 2.00. The molecule has 0 saturated heterocycles. The molecule has 4 aliphatic carbocycles. The van der Waals surface area contributed by atoms with Crippen molar-refractivity contribution in [1.29, 1.82) is 0 Å². The minimum atomic E-state index is 0.635. The second-order valence-electron chi connectivity index (χ2n) is 7.24. The maximum absolute atomic E-state index is 5.67. The smallest absolute Gasteiger partial charge is 0.145 e. The minimum absolute atomic E-state index is 0.635. The molecule has 0 atom stereocenters. The average molecular weight is 245 g/mol. The van der Waals surface area contributed by atoms with Crippen LogP contribution < -0.4 is 5.73 Å². The number of anilines is 1.